The van der Waals surface area contributed by atoms with Crippen LogP contribution in [0.25, 0.3) is 0 Å². The van der Waals surface area contributed by atoms with Crippen molar-refractivity contribution in [2.45, 2.75) is 56.8 Å². The summed E-state index contributed by atoms with van der Waals surface area (Å²) in [5.41, 5.74) is 1.09. The second-order valence-electron chi connectivity index (χ2n) is 5.14. The van der Waals surface area contributed by atoms with Crippen LogP contribution < -0.4 is 0 Å². The molecule has 2 aliphatic carbocycles. The maximum Gasteiger partial charge on any atom is 0.113 e. The van der Waals surface area contributed by atoms with Crippen molar-refractivity contribution in [3.63, 3.8) is 0 Å². The first-order valence-electron chi connectivity index (χ1n) is 6.14. The number of thiazole rings is 1. The van der Waals surface area contributed by atoms with Gasteiger partial charge in [-0.25, -0.2) is 4.98 Å². The molecule has 0 radical (unpaired) electrons. The largest absolute Gasteiger partial charge is 0.244 e. The number of nitrogens with zero attached hydrogens (tertiary/aromatic N) is 2. The van der Waals surface area contributed by atoms with Crippen molar-refractivity contribution in [3.05, 3.63) is 15.6 Å². The Bertz CT molecular complexity index is 447. The maximum atomic E-state index is 9.32. The van der Waals surface area contributed by atoms with Gasteiger partial charge in [-0.3, -0.25) is 0 Å². The summed E-state index contributed by atoms with van der Waals surface area (Å²) in [4.78, 5) is 6.14. The summed E-state index contributed by atoms with van der Waals surface area (Å²) < 4.78 is 0. The van der Waals surface area contributed by atoms with E-state index in [-0.39, 0.29) is 5.41 Å². The number of hydrogen-bond acceptors (Lipinski definition) is 3. The van der Waals surface area contributed by atoms with Crippen molar-refractivity contribution in [3.8, 4) is 6.07 Å². The van der Waals surface area contributed by atoms with E-state index in [1.54, 1.807) is 11.3 Å². The van der Waals surface area contributed by atoms with E-state index in [1.807, 2.05) is 0 Å². The highest BCUT2D eigenvalue weighted by Crippen LogP contribution is 2.47. The molecule has 2 fully saturated rings. The minimum atomic E-state index is -0.211. The Morgan fingerprint density at radius 2 is 2.12 bits per heavy atom. The van der Waals surface area contributed by atoms with Gasteiger partial charge in [-0.15, -0.1) is 11.3 Å². The van der Waals surface area contributed by atoms with Crippen molar-refractivity contribution in [1.82, 2.24) is 4.98 Å². The lowest BCUT2D eigenvalue weighted by atomic mass is 9.70. The van der Waals surface area contributed by atoms with E-state index in [2.05, 4.69) is 13.0 Å². The molecule has 2 saturated carbocycles. The van der Waals surface area contributed by atoms with E-state index >= 15 is 0 Å². The van der Waals surface area contributed by atoms with Crippen LogP contribution in [0.2, 0.25) is 0 Å². The minimum Gasteiger partial charge on any atom is -0.244 e. The van der Waals surface area contributed by atoms with Crippen molar-refractivity contribution < 1.29 is 0 Å². The number of aromatic nitrogens is 1. The van der Waals surface area contributed by atoms with Gasteiger partial charge in [0.15, 0.2) is 0 Å². The Labute approximate surface area is 100 Å². The second kappa shape index (κ2) is 3.56. The van der Waals surface area contributed by atoms with E-state index in [9.17, 15) is 5.26 Å². The highest BCUT2D eigenvalue weighted by Gasteiger charge is 2.42. The van der Waals surface area contributed by atoms with Gasteiger partial charge in [0, 0.05) is 10.8 Å². The maximum absolute atomic E-state index is 9.32. The summed E-state index contributed by atoms with van der Waals surface area (Å²) in [5, 5.41) is 10.4. The van der Waals surface area contributed by atoms with Crippen molar-refractivity contribution in [2.24, 2.45) is 0 Å². The van der Waals surface area contributed by atoms with Crippen molar-refractivity contribution >= 4 is 11.3 Å². The van der Waals surface area contributed by atoms with Crippen LogP contribution >= 0.6 is 11.3 Å². The number of nitriles is 1. The molecule has 2 aliphatic rings. The first kappa shape index (κ1) is 10.3. The number of aryl methyl sites for hydroxylation is 1. The molecule has 1 aromatic rings. The lowest BCUT2D eigenvalue weighted by molar-refractivity contribution is 0.320. The number of rotatable bonds is 2. The Morgan fingerprint density at radius 3 is 2.56 bits per heavy atom. The molecule has 0 unspecified atom stereocenters. The molecular formula is C13H16N2S. The summed E-state index contributed by atoms with van der Waals surface area (Å²) in [5.74, 6) is 0.695. The highest BCUT2D eigenvalue weighted by atomic mass is 32.1. The van der Waals surface area contributed by atoms with Gasteiger partial charge < -0.3 is 0 Å². The van der Waals surface area contributed by atoms with Crippen LogP contribution in [0.5, 0.6) is 0 Å². The normalized spacial score (nSPS) is 23.2. The van der Waals surface area contributed by atoms with Gasteiger partial charge in [0.25, 0.3) is 0 Å². The van der Waals surface area contributed by atoms with Crippen molar-refractivity contribution in [2.75, 3.05) is 0 Å². The average molecular weight is 232 g/mol. The number of hydrogen-bond donors (Lipinski definition) is 0. The molecule has 1 heterocycles. The van der Waals surface area contributed by atoms with Crippen molar-refractivity contribution in [1.29, 1.82) is 5.26 Å². The zero-order chi connectivity index (χ0) is 11.2. The van der Waals surface area contributed by atoms with Crippen LogP contribution in [0, 0.1) is 18.3 Å². The molecule has 0 aromatic carbocycles. The molecule has 84 valence electrons. The van der Waals surface area contributed by atoms with E-state index in [0.717, 1.165) is 17.8 Å². The molecule has 0 N–H and O–H groups in total. The lowest BCUT2D eigenvalue weighted by Crippen LogP contribution is -2.32. The fourth-order valence-corrected chi connectivity index (χ4v) is 3.77. The van der Waals surface area contributed by atoms with Crippen LogP contribution in [-0.2, 0) is 5.41 Å². The van der Waals surface area contributed by atoms with Crippen LogP contribution in [0.4, 0.5) is 0 Å². The summed E-state index contributed by atoms with van der Waals surface area (Å²) in [7, 11) is 0. The fourth-order valence-electron chi connectivity index (χ4n) is 2.58. The predicted octanol–water partition coefficient (Wildman–Crippen LogP) is 3.66. The third-order valence-electron chi connectivity index (χ3n) is 4.15. The van der Waals surface area contributed by atoms with Crippen LogP contribution in [0.3, 0.4) is 0 Å². The molecular weight excluding hydrogens is 216 g/mol. The molecule has 0 atom stereocenters. The monoisotopic (exact) mass is 232 g/mol. The Kier molecular flexibility index (Phi) is 2.29. The van der Waals surface area contributed by atoms with Crippen LogP contribution in [0.1, 0.15) is 60.0 Å². The van der Waals surface area contributed by atoms with Gasteiger partial charge in [0.2, 0.25) is 0 Å². The van der Waals surface area contributed by atoms with Gasteiger partial charge in [-0.05, 0) is 39.0 Å². The molecule has 3 heteroatoms. The van der Waals surface area contributed by atoms with Gasteiger partial charge >= 0.3 is 0 Å². The Morgan fingerprint density at radius 1 is 1.38 bits per heavy atom. The van der Waals surface area contributed by atoms with Crippen LogP contribution in [0.15, 0.2) is 0 Å². The summed E-state index contributed by atoms with van der Waals surface area (Å²) >= 11 is 1.77. The van der Waals surface area contributed by atoms with Gasteiger partial charge in [-0.2, -0.15) is 5.26 Å². The van der Waals surface area contributed by atoms with E-state index in [0.29, 0.717) is 5.92 Å². The smallest absolute Gasteiger partial charge is 0.113 e. The molecule has 1 aromatic heterocycles. The molecule has 0 spiro atoms. The Hall–Kier alpha value is -0.880. The molecule has 0 amide bonds. The molecule has 0 bridgehead atoms. The zero-order valence-electron chi connectivity index (χ0n) is 9.62. The highest BCUT2D eigenvalue weighted by molar-refractivity contribution is 7.11. The predicted molar refractivity (Wildman–Crippen MR) is 64.6 cm³/mol. The third-order valence-corrected chi connectivity index (χ3v) is 5.35. The molecule has 3 rings (SSSR count). The minimum absolute atomic E-state index is 0.211. The Balaban J connectivity index is 1.94. The van der Waals surface area contributed by atoms with E-state index in [1.165, 1.54) is 36.3 Å². The summed E-state index contributed by atoms with van der Waals surface area (Å²) in [6, 6.07) is 2.49. The molecule has 2 nitrogen and oxygen atoms in total. The topological polar surface area (TPSA) is 36.7 Å². The van der Waals surface area contributed by atoms with E-state index in [4.69, 9.17) is 4.98 Å². The second-order valence-corrected chi connectivity index (χ2v) is 6.34. The standard InChI is InChI=1S/C13H16N2S/c1-9-11(10-4-2-5-10)15-12(16-9)13(8-14)6-3-7-13/h10H,2-7H2,1H3. The van der Waals surface area contributed by atoms with E-state index < -0.39 is 0 Å². The zero-order valence-corrected chi connectivity index (χ0v) is 10.4. The molecule has 0 aliphatic heterocycles. The van der Waals surface area contributed by atoms with Crippen LogP contribution in [-0.4, -0.2) is 4.98 Å². The lowest BCUT2D eigenvalue weighted by Gasteiger charge is -2.33. The third kappa shape index (κ3) is 1.33. The van der Waals surface area contributed by atoms with Gasteiger partial charge in [0.1, 0.15) is 10.4 Å². The first-order valence-corrected chi connectivity index (χ1v) is 6.96. The quantitative estimate of drug-likeness (QED) is 0.780. The fraction of sp³-hybridized carbons (Fsp3) is 0.692. The first-order chi connectivity index (χ1) is 7.75. The molecule has 16 heavy (non-hydrogen) atoms. The summed E-state index contributed by atoms with van der Waals surface area (Å²) in [6.07, 6.45) is 7.15. The van der Waals surface area contributed by atoms with Gasteiger partial charge in [-0.1, -0.05) is 6.42 Å². The molecule has 0 saturated heterocycles. The average Bonchev–Trinajstić information content (AvgIpc) is 2.45. The van der Waals surface area contributed by atoms with Gasteiger partial charge in [0.05, 0.1) is 11.8 Å². The summed E-state index contributed by atoms with van der Waals surface area (Å²) in [6.45, 7) is 2.17. The SMILES string of the molecule is Cc1sc(C2(C#N)CCC2)nc1C1CCC1.